The molecule has 0 fully saturated rings. The monoisotopic (exact) mass is 887 g/mol. The SMILES string of the molecule is CC(C)(C)c1ccnc(-n2c3[c-]c4c(cc3c3ccccc32)c2ccccc2c2ccccc2c2ccccc2n4-c2[c-]c(-c3ccccn3)ccc2)c1.[Pt+2]. The molecule has 0 saturated carbocycles. The van der Waals surface area contributed by atoms with Crippen LogP contribution in [0.25, 0.3) is 87.9 Å². The molecule has 0 N–H and O–H groups in total. The van der Waals surface area contributed by atoms with Crippen LogP contribution < -0.4 is 0 Å². The van der Waals surface area contributed by atoms with Gasteiger partial charge in [0.15, 0.2) is 0 Å². The molecule has 5 heteroatoms. The third-order valence-corrected chi connectivity index (χ3v) is 10.6. The first-order valence-electron chi connectivity index (χ1n) is 18.4. The van der Waals surface area contributed by atoms with Crippen LogP contribution in [0.5, 0.6) is 0 Å². The van der Waals surface area contributed by atoms with Crippen LogP contribution in [0, 0.1) is 12.1 Å². The molecule has 0 amide bonds. The van der Waals surface area contributed by atoms with Crippen molar-refractivity contribution >= 4 is 65.2 Å². The van der Waals surface area contributed by atoms with Gasteiger partial charge in [-0.25, -0.2) is 4.98 Å². The molecule has 10 rings (SSSR count). The predicted octanol–water partition coefficient (Wildman–Crippen LogP) is 12.7. The summed E-state index contributed by atoms with van der Waals surface area (Å²) in [6.07, 6.45) is 3.77. The molecule has 0 aliphatic carbocycles. The molecule has 6 aromatic carbocycles. The molecule has 55 heavy (non-hydrogen) atoms. The van der Waals surface area contributed by atoms with Crippen molar-refractivity contribution in [2.45, 2.75) is 26.2 Å². The molecule has 0 bridgehead atoms. The smallest absolute Gasteiger partial charge is 0.351 e. The molecule has 0 aliphatic rings. The van der Waals surface area contributed by atoms with Crippen LogP contribution in [-0.4, -0.2) is 19.1 Å². The van der Waals surface area contributed by atoms with E-state index in [2.05, 4.69) is 175 Å². The van der Waals surface area contributed by atoms with Crippen LogP contribution in [0.3, 0.4) is 0 Å². The summed E-state index contributed by atoms with van der Waals surface area (Å²) in [7, 11) is 0. The normalized spacial score (nSPS) is 11.8. The Morgan fingerprint density at radius 2 is 1.00 bits per heavy atom. The third-order valence-electron chi connectivity index (χ3n) is 10.6. The molecule has 4 aromatic heterocycles. The Kier molecular flexibility index (Phi) is 8.60. The molecule has 10 aromatic rings. The quantitative estimate of drug-likeness (QED) is 0.166. The van der Waals surface area contributed by atoms with Gasteiger partial charge < -0.3 is 14.1 Å². The topological polar surface area (TPSA) is 35.6 Å². The molecule has 266 valence electrons. The van der Waals surface area contributed by atoms with Crippen molar-refractivity contribution in [2.75, 3.05) is 0 Å². The van der Waals surface area contributed by atoms with Crippen molar-refractivity contribution in [1.29, 1.82) is 0 Å². The molecule has 4 heterocycles. The molecule has 0 unspecified atom stereocenters. The second kappa shape index (κ2) is 13.6. The molecule has 4 nitrogen and oxygen atoms in total. The Balaban J connectivity index is 0.00000397. The maximum absolute atomic E-state index is 4.99. The molecule has 0 spiro atoms. The van der Waals surface area contributed by atoms with Crippen molar-refractivity contribution in [1.82, 2.24) is 19.1 Å². The van der Waals surface area contributed by atoms with Gasteiger partial charge in [-0.15, -0.1) is 46.7 Å². The summed E-state index contributed by atoms with van der Waals surface area (Å²) in [5.41, 5.74) is 7.90. The fraction of sp³-hybridized carbons (Fsp3) is 0.0800. The average molecular weight is 888 g/mol. The zero-order chi connectivity index (χ0) is 36.4. The Labute approximate surface area is 334 Å². The van der Waals surface area contributed by atoms with E-state index in [-0.39, 0.29) is 26.5 Å². The van der Waals surface area contributed by atoms with E-state index in [9.17, 15) is 0 Å². The van der Waals surface area contributed by atoms with Gasteiger partial charge in [-0.1, -0.05) is 134 Å². The second-order valence-corrected chi connectivity index (χ2v) is 14.9. The summed E-state index contributed by atoms with van der Waals surface area (Å²) in [6, 6.07) is 61.8. The first-order valence-corrected chi connectivity index (χ1v) is 18.4. The minimum absolute atomic E-state index is 0. The number of para-hydroxylation sites is 2. The van der Waals surface area contributed by atoms with Gasteiger partial charge in [-0.3, -0.25) is 0 Å². The zero-order valence-electron chi connectivity index (χ0n) is 30.7. The summed E-state index contributed by atoms with van der Waals surface area (Å²) < 4.78 is 4.63. The number of pyridine rings is 2. The zero-order valence-corrected chi connectivity index (χ0v) is 33.0. The molecular weight excluding hydrogens is 852 g/mol. The molecule has 0 saturated heterocycles. The van der Waals surface area contributed by atoms with Crippen LogP contribution in [0.1, 0.15) is 26.3 Å². The fourth-order valence-corrected chi connectivity index (χ4v) is 7.98. The van der Waals surface area contributed by atoms with E-state index in [0.29, 0.717) is 0 Å². The van der Waals surface area contributed by atoms with Gasteiger partial charge >= 0.3 is 21.1 Å². The minimum Gasteiger partial charge on any atom is -0.351 e. The van der Waals surface area contributed by atoms with E-state index in [0.717, 1.165) is 71.8 Å². The number of fused-ring (bicyclic) bond motifs is 10. The van der Waals surface area contributed by atoms with Crippen molar-refractivity contribution in [2.24, 2.45) is 0 Å². The van der Waals surface area contributed by atoms with Crippen molar-refractivity contribution in [3.63, 3.8) is 0 Å². The number of aromatic nitrogens is 4. The number of hydrogen-bond acceptors (Lipinski definition) is 2. The number of benzene rings is 6. The summed E-state index contributed by atoms with van der Waals surface area (Å²) >= 11 is 0. The Morgan fingerprint density at radius 3 is 1.65 bits per heavy atom. The summed E-state index contributed by atoms with van der Waals surface area (Å²) in [5, 5.41) is 9.15. The first kappa shape index (κ1) is 34.7. The maximum atomic E-state index is 4.99. The van der Waals surface area contributed by atoms with Crippen LogP contribution in [-0.2, 0) is 26.5 Å². The van der Waals surface area contributed by atoms with Gasteiger partial charge in [0.25, 0.3) is 0 Å². The maximum Gasteiger partial charge on any atom is 2.00 e. The van der Waals surface area contributed by atoms with E-state index in [1.807, 2.05) is 30.6 Å². The second-order valence-electron chi connectivity index (χ2n) is 14.9. The summed E-state index contributed by atoms with van der Waals surface area (Å²) in [5.74, 6) is 0.872. The molecule has 0 atom stereocenters. The van der Waals surface area contributed by atoms with Crippen molar-refractivity contribution in [3.05, 3.63) is 182 Å². The number of hydrogen-bond donors (Lipinski definition) is 0. The molecule has 0 aliphatic heterocycles. The largest absolute Gasteiger partial charge is 2.00 e. The Hall–Kier alpha value is -6.09. The van der Waals surface area contributed by atoms with Gasteiger partial charge in [0.1, 0.15) is 5.82 Å². The van der Waals surface area contributed by atoms with Gasteiger partial charge in [0.05, 0.1) is 5.52 Å². The van der Waals surface area contributed by atoms with E-state index in [4.69, 9.17) is 9.97 Å². The van der Waals surface area contributed by atoms with Crippen LogP contribution in [0.15, 0.2) is 164 Å². The van der Waals surface area contributed by atoms with Gasteiger partial charge in [0.2, 0.25) is 0 Å². The van der Waals surface area contributed by atoms with Crippen LogP contribution in [0.2, 0.25) is 0 Å². The van der Waals surface area contributed by atoms with Gasteiger partial charge in [0, 0.05) is 23.3 Å². The van der Waals surface area contributed by atoms with E-state index in [1.54, 1.807) is 0 Å². The predicted molar refractivity (Wildman–Crippen MR) is 225 cm³/mol. The van der Waals surface area contributed by atoms with Gasteiger partial charge in [-0.2, -0.15) is 6.07 Å². The Bertz CT molecular complexity index is 3150. The van der Waals surface area contributed by atoms with Crippen molar-refractivity contribution < 1.29 is 21.1 Å². The van der Waals surface area contributed by atoms with E-state index >= 15 is 0 Å². The van der Waals surface area contributed by atoms with Crippen LogP contribution >= 0.6 is 0 Å². The van der Waals surface area contributed by atoms with Crippen LogP contribution in [0.4, 0.5) is 0 Å². The summed E-state index contributed by atoms with van der Waals surface area (Å²) in [4.78, 5) is 9.69. The first-order chi connectivity index (χ1) is 26.4. The van der Waals surface area contributed by atoms with E-state index < -0.39 is 0 Å². The third kappa shape index (κ3) is 5.80. The number of nitrogens with zero attached hydrogens (tertiary/aromatic N) is 4. The standard InChI is InChI=1S/C50H36N4.Pt/c1-50(2,3)34-26-28-52-49(30-34)54-46-25-11-9-22-41(46)43-31-42-39-20-7-5-18-37(39)36-17-4-6-19-38(36)40-21-8-10-24-45(40)53(47(42)32-48(43)54)35-16-14-15-33(29-35)44-23-12-13-27-51-44;/h4-28,30-31H,1-3H3;/q-2;+2. The fourth-order valence-electron chi connectivity index (χ4n) is 7.98. The minimum atomic E-state index is -0.0402. The number of rotatable bonds is 3. The summed E-state index contributed by atoms with van der Waals surface area (Å²) in [6.45, 7) is 6.74. The molecule has 0 radical (unpaired) electrons. The van der Waals surface area contributed by atoms with Crippen molar-refractivity contribution in [3.8, 4) is 22.8 Å². The average Bonchev–Trinajstić information content (AvgIpc) is 3.55. The van der Waals surface area contributed by atoms with E-state index in [1.165, 1.54) is 21.7 Å². The molecular formula is C50H36N4Pt. The van der Waals surface area contributed by atoms with Gasteiger partial charge in [-0.05, 0) is 74.2 Å². The Morgan fingerprint density at radius 1 is 0.455 bits per heavy atom.